The summed E-state index contributed by atoms with van der Waals surface area (Å²) in [7, 11) is 1.46. The van der Waals surface area contributed by atoms with Gasteiger partial charge in [0.25, 0.3) is 5.91 Å². The number of carbonyl (C=O) groups excluding carboxylic acids is 2. The number of hydrogen-bond donors (Lipinski definition) is 1. The first-order valence-electron chi connectivity index (χ1n) is 10.3. The third-order valence-electron chi connectivity index (χ3n) is 4.38. The lowest BCUT2D eigenvalue weighted by Gasteiger charge is -2.10. The van der Waals surface area contributed by atoms with Crippen molar-refractivity contribution in [1.82, 2.24) is 5.43 Å². The number of nitrogens with zero attached hydrogens (tertiary/aromatic N) is 1. The van der Waals surface area contributed by atoms with E-state index in [1.54, 1.807) is 66.7 Å². The summed E-state index contributed by atoms with van der Waals surface area (Å²) in [5.74, 6) is 0.807. The molecule has 0 bridgehead atoms. The van der Waals surface area contributed by atoms with Gasteiger partial charge < -0.3 is 18.9 Å². The second-order valence-electron chi connectivity index (χ2n) is 6.79. The van der Waals surface area contributed by atoms with Crippen LogP contribution in [0.2, 0.25) is 5.02 Å². The minimum atomic E-state index is -0.532. The minimum Gasteiger partial charge on any atom is -0.494 e. The Morgan fingerprint density at radius 1 is 0.941 bits per heavy atom. The average Bonchev–Trinajstić information content (AvgIpc) is 2.85. The topological polar surface area (TPSA) is 95.5 Å². The summed E-state index contributed by atoms with van der Waals surface area (Å²) in [6.45, 7) is 2.22. The fourth-order valence-corrected chi connectivity index (χ4v) is 2.88. The smallest absolute Gasteiger partial charge is 0.343 e. The van der Waals surface area contributed by atoms with E-state index >= 15 is 0 Å². The van der Waals surface area contributed by atoms with Crippen molar-refractivity contribution in [2.45, 2.75) is 6.92 Å². The number of esters is 1. The highest BCUT2D eigenvalue weighted by Gasteiger charge is 2.13. The standard InChI is InChI=1S/C25H23ClN2O6/c1-3-32-20-9-5-18(6-10-20)25(30)34-22-13-4-17(14-23(22)31-2)15-27-28-24(29)16-33-21-11-7-19(26)8-12-21/h4-15H,3,16H2,1-2H3,(H,28,29)/b27-15+. The molecule has 0 aliphatic heterocycles. The lowest BCUT2D eigenvalue weighted by molar-refractivity contribution is -0.123. The maximum Gasteiger partial charge on any atom is 0.343 e. The number of amides is 1. The second-order valence-corrected chi connectivity index (χ2v) is 7.23. The van der Waals surface area contributed by atoms with Gasteiger partial charge >= 0.3 is 5.97 Å². The molecule has 0 saturated heterocycles. The van der Waals surface area contributed by atoms with Gasteiger partial charge in [0.15, 0.2) is 18.1 Å². The predicted molar refractivity (Wildman–Crippen MR) is 128 cm³/mol. The third kappa shape index (κ3) is 7.25. The number of benzene rings is 3. The summed E-state index contributed by atoms with van der Waals surface area (Å²) in [6.07, 6.45) is 1.43. The van der Waals surface area contributed by atoms with Crippen molar-refractivity contribution in [2.75, 3.05) is 20.3 Å². The molecule has 0 aliphatic carbocycles. The molecule has 0 saturated carbocycles. The Bertz CT molecular complexity index is 1150. The van der Waals surface area contributed by atoms with E-state index in [0.717, 1.165) is 0 Å². The summed E-state index contributed by atoms with van der Waals surface area (Å²) in [6, 6.07) is 18.2. The molecule has 0 aliphatic rings. The Morgan fingerprint density at radius 2 is 1.62 bits per heavy atom. The lowest BCUT2D eigenvalue weighted by Crippen LogP contribution is -2.24. The van der Waals surface area contributed by atoms with Gasteiger partial charge in [-0.1, -0.05) is 11.6 Å². The first kappa shape index (κ1) is 24.6. The molecular formula is C25H23ClN2O6. The van der Waals surface area contributed by atoms with E-state index in [4.69, 9.17) is 30.5 Å². The van der Waals surface area contributed by atoms with E-state index in [0.29, 0.717) is 40.0 Å². The van der Waals surface area contributed by atoms with Crippen molar-refractivity contribution >= 4 is 29.7 Å². The maximum absolute atomic E-state index is 12.5. The molecule has 34 heavy (non-hydrogen) atoms. The number of hydrazone groups is 1. The molecular weight excluding hydrogens is 460 g/mol. The normalized spacial score (nSPS) is 10.6. The molecule has 3 aromatic carbocycles. The first-order chi connectivity index (χ1) is 16.5. The van der Waals surface area contributed by atoms with Crippen molar-refractivity contribution in [3.63, 3.8) is 0 Å². The fourth-order valence-electron chi connectivity index (χ4n) is 2.75. The molecule has 8 nitrogen and oxygen atoms in total. The van der Waals surface area contributed by atoms with Crippen molar-refractivity contribution in [1.29, 1.82) is 0 Å². The molecule has 3 aromatic rings. The highest BCUT2D eigenvalue weighted by Crippen LogP contribution is 2.28. The first-order valence-corrected chi connectivity index (χ1v) is 10.7. The van der Waals surface area contributed by atoms with Gasteiger partial charge in [0.05, 0.1) is 25.5 Å². The van der Waals surface area contributed by atoms with E-state index in [1.807, 2.05) is 6.92 Å². The van der Waals surface area contributed by atoms with Crippen LogP contribution in [0.4, 0.5) is 0 Å². The van der Waals surface area contributed by atoms with Gasteiger partial charge in [-0.15, -0.1) is 0 Å². The summed E-state index contributed by atoms with van der Waals surface area (Å²) in [5.41, 5.74) is 3.37. The highest BCUT2D eigenvalue weighted by molar-refractivity contribution is 6.30. The van der Waals surface area contributed by atoms with Crippen LogP contribution in [0.5, 0.6) is 23.0 Å². The number of rotatable bonds is 10. The molecule has 0 fully saturated rings. The van der Waals surface area contributed by atoms with Crippen LogP contribution in [-0.4, -0.2) is 38.4 Å². The van der Waals surface area contributed by atoms with E-state index < -0.39 is 11.9 Å². The number of ether oxygens (including phenoxy) is 4. The predicted octanol–water partition coefficient (Wildman–Crippen LogP) is 4.50. The number of carbonyl (C=O) groups is 2. The van der Waals surface area contributed by atoms with Gasteiger partial charge in [-0.25, -0.2) is 10.2 Å². The number of methoxy groups -OCH3 is 1. The van der Waals surface area contributed by atoms with Crippen LogP contribution >= 0.6 is 11.6 Å². The molecule has 0 atom stereocenters. The molecule has 0 spiro atoms. The van der Waals surface area contributed by atoms with E-state index in [1.165, 1.54) is 13.3 Å². The van der Waals surface area contributed by atoms with Gasteiger partial charge in [-0.3, -0.25) is 4.79 Å². The molecule has 3 rings (SSSR count). The monoisotopic (exact) mass is 482 g/mol. The fraction of sp³-hybridized carbons (Fsp3) is 0.160. The van der Waals surface area contributed by atoms with Crippen LogP contribution in [0.1, 0.15) is 22.8 Å². The largest absolute Gasteiger partial charge is 0.494 e. The Morgan fingerprint density at radius 3 is 2.29 bits per heavy atom. The number of nitrogens with one attached hydrogen (secondary N) is 1. The molecule has 9 heteroatoms. The Kier molecular flexibility index (Phi) is 8.88. The van der Waals surface area contributed by atoms with Crippen molar-refractivity contribution < 1.29 is 28.5 Å². The molecule has 1 N–H and O–H groups in total. The molecule has 1 amide bonds. The van der Waals surface area contributed by atoms with Gasteiger partial charge in [-0.2, -0.15) is 5.10 Å². The third-order valence-corrected chi connectivity index (χ3v) is 4.63. The summed E-state index contributed by atoms with van der Waals surface area (Å²) < 4.78 is 21.5. The molecule has 0 aromatic heterocycles. The quantitative estimate of drug-likeness (QED) is 0.198. The maximum atomic E-state index is 12.5. The Balaban J connectivity index is 1.55. The number of hydrogen-bond acceptors (Lipinski definition) is 7. The van der Waals surface area contributed by atoms with E-state index in [9.17, 15) is 9.59 Å². The second kappa shape index (κ2) is 12.3. The van der Waals surface area contributed by atoms with Crippen LogP contribution in [-0.2, 0) is 4.79 Å². The van der Waals surface area contributed by atoms with Gasteiger partial charge in [0.1, 0.15) is 11.5 Å². The molecule has 176 valence electrons. The summed E-state index contributed by atoms with van der Waals surface area (Å²) in [5, 5.41) is 4.48. The summed E-state index contributed by atoms with van der Waals surface area (Å²) in [4.78, 5) is 24.4. The minimum absolute atomic E-state index is 0.206. The zero-order chi connectivity index (χ0) is 24.3. The highest BCUT2D eigenvalue weighted by atomic mass is 35.5. The Labute approximate surface area is 202 Å². The molecule has 0 unspecified atom stereocenters. The van der Waals surface area contributed by atoms with Gasteiger partial charge in [-0.05, 0) is 79.2 Å². The lowest BCUT2D eigenvalue weighted by atomic mass is 10.2. The molecule has 0 heterocycles. The van der Waals surface area contributed by atoms with Crippen molar-refractivity contribution in [3.05, 3.63) is 82.9 Å². The van der Waals surface area contributed by atoms with Crippen LogP contribution < -0.4 is 24.4 Å². The van der Waals surface area contributed by atoms with Crippen LogP contribution in [0.25, 0.3) is 0 Å². The SMILES string of the molecule is CCOc1ccc(C(=O)Oc2ccc(/C=N/NC(=O)COc3ccc(Cl)cc3)cc2OC)cc1. The van der Waals surface area contributed by atoms with Crippen molar-refractivity contribution in [2.24, 2.45) is 5.10 Å². The van der Waals surface area contributed by atoms with Crippen LogP contribution in [0.15, 0.2) is 71.8 Å². The van der Waals surface area contributed by atoms with E-state index in [-0.39, 0.29) is 12.4 Å². The Hall–Kier alpha value is -4.04. The van der Waals surface area contributed by atoms with Crippen LogP contribution in [0.3, 0.4) is 0 Å². The summed E-state index contributed by atoms with van der Waals surface area (Å²) >= 11 is 5.81. The zero-order valence-electron chi connectivity index (χ0n) is 18.6. The van der Waals surface area contributed by atoms with Crippen LogP contribution in [0, 0.1) is 0 Å². The van der Waals surface area contributed by atoms with Crippen molar-refractivity contribution in [3.8, 4) is 23.0 Å². The van der Waals surface area contributed by atoms with Gasteiger partial charge in [0, 0.05) is 5.02 Å². The van der Waals surface area contributed by atoms with Gasteiger partial charge in [0.2, 0.25) is 0 Å². The van der Waals surface area contributed by atoms with E-state index in [2.05, 4.69) is 10.5 Å². The number of halogens is 1. The zero-order valence-corrected chi connectivity index (χ0v) is 19.4. The molecule has 0 radical (unpaired) electrons. The average molecular weight is 483 g/mol.